The van der Waals surface area contributed by atoms with Crippen LogP contribution < -0.4 is 0 Å². The molecule has 0 heterocycles. The quantitative estimate of drug-likeness (QED) is 0.720. The lowest BCUT2D eigenvalue weighted by atomic mass is 10.0. The van der Waals surface area contributed by atoms with Crippen molar-refractivity contribution < 1.29 is 4.79 Å². The zero-order valence-corrected chi connectivity index (χ0v) is 10.9. The van der Waals surface area contributed by atoms with Crippen LogP contribution in [0.1, 0.15) is 28.8 Å². The molecule has 0 saturated heterocycles. The predicted octanol–water partition coefficient (Wildman–Crippen LogP) is 4.55. The summed E-state index contributed by atoms with van der Waals surface area (Å²) in [5.74, 6) is 0.161. The maximum atomic E-state index is 11.9. The second-order valence-corrected chi connectivity index (χ2v) is 4.71. The number of halogens is 1. The molecule has 0 aromatic heterocycles. The van der Waals surface area contributed by atoms with Crippen LogP contribution in [0.3, 0.4) is 0 Å². The van der Waals surface area contributed by atoms with Gasteiger partial charge in [0.05, 0.1) is 0 Å². The zero-order chi connectivity index (χ0) is 12.8. The van der Waals surface area contributed by atoms with Gasteiger partial charge in [-0.25, -0.2) is 0 Å². The van der Waals surface area contributed by atoms with Gasteiger partial charge >= 0.3 is 0 Å². The van der Waals surface area contributed by atoms with Crippen molar-refractivity contribution in [2.75, 3.05) is 0 Å². The van der Waals surface area contributed by atoms with Crippen LogP contribution in [0.2, 0.25) is 5.02 Å². The van der Waals surface area contributed by atoms with Gasteiger partial charge < -0.3 is 0 Å². The lowest BCUT2D eigenvalue weighted by molar-refractivity contribution is 0.0980. The number of carbonyl (C=O) groups excluding carboxylic acids is 1. The minimum absolute atomic E-state index is 0.161. The van der Waals surface area contributed by atoms with Crippen molar-refractivity contribution in [1.29, 1.82) is 0 Å². The number of aryl methyl sites for hydroxylation is 1. The molecule has 0 radical (unpaired) electrons. The Morgan fingerprint density at radius 2 is 1.78 bits per heavy atom. The van der Waals surface area contributed by atoms with Crippen molar-refractivity contribution >= 4 is 17.4 Å². The van der Waals surface area contributed by atoms with E-state index in [2.05, 4.69) is 12.1 Å². The fourth-order valence-corrected chi connectivity index (χ4v) is 2.09. The smallest absolute Gasteiger partial charge is 0.162 e. The SMILES string of the molecule is O=C(CCCc1ccccc1)c1cccc(Cl)c1. The number of hydrogen-bond donors (Lipinski definition) is 0. The van der Waals surface area contributed by atoms with Crippen LogP contribution in [0.4, 0.5) is 0 Å². The first-order valence-electron chi connectivity index (χ1n) is 6.08. The Hall–Kier alpha value is -1.60. The molecule has 0 unspecified atom stereocenters. The normalized spacial score (nSPS) is 10.3. The molecule has 2 rings (SSSR count). The van der Waals surface area contributed by atoms with Crippen LogP contribution in [0.15, 0.2) is 54.6 Å². The highest BCUT2D eigenvalue weighted by molar-refractivity contribution is 6.31. The van der Waals surface area contributed by atoms with Gasteiger partial charge in [0.1, 0.15) is 0 Å². The van der Waals surface area contributed by atoms with E-state index in [1.54, 1.807) is 12.1 Å². The molecular formula is C16H15ClO. The molecule has 0 fully saturated rings. The van der Waals surface area contributed by atoms with E-state index >= 15 is 0 Å². The standard InChI is InChI=1S/C16H15ClO/c17-15-10-5-9-14(12-15)16(18)11-4-8-13-6-2-1-3-7-13/h1-3,5-7,9-10,12H,4,8,11H2. The van der Waals surface area contributed by atoms with Gasteiger partial charge in [-0.2, -0.15) is 0 Å². The fraction of sp³-hybridized carbons (Fsp3) is 0.188. The summed E-state index contributed by atoms with van der Waals surface area (Å²) in [6.07, 6.45) is 2.37. The summed E-state index contributed by atoms with van der Waals surface area (Å²) in [4.78, 5) is 11.9. The van der Waals surface area contributed by atoms with Crippen molar-refractivity contribution in [3.8, 4) is 0 Å². The third-order valence-corrected chi connectivity index (χ3v) is 3.09. The Balaban J connectivity index is 1.86. The average molecular weight is 259 g/mol. The number of ketones is 1. The maximum Gasteiger partial charge on any atom is 0.162 e. The second kappa shape index (κ2) is 6.36. The first-order chi connectivity index (χ1) is 8.75. The molecule has 0 amide bonds. The Labute approximate surface area is 112 Å². The Morgan fingerprint density at radius 1 is 1.00 bits per heavy atom. The molecular weight excluding hydrogens is 244 g/mol. The first kappa shape index (κ1) is 12.8. The van der Waals surface area contributed by atoms with Gasteiger partial charge in [-0.3, -0.25) is 4.79 Å². The van der Waals surface area contributed by atoms with E-state index in [4.69, 9.17) is 11.6 Å². The second-order valence-electron chi connectivity index (χ2n) is 4.27. The van der Waals surface area contributed by atoms with Gasteiger partial charge in [-0.05, 0) is 30.5 Å². The Bertz CT molecular complexity index is 520. The van der Waals surface area contributed by atoms with Gasteiger partial charge in [0.15, 0.2) is 5.78 Å². The van der Waals surface area contributed by atoms with Crippen molar-refractivity contribution in [1.82, 2.24) is 0 Å². The van der Waals surface area contributed by atoms with E-state index < -0.39 is 0 Å². The zero-order valence-electron chi connectivity index (χ0n) is 10.1. The van der Waals surface area contributed by atoms with E-state index in [9.17, 15) is 4.79 Å². The monoisotopic (exact) mass is 258 g/mol. The third kappa shape index (κ3) is 3.71. The van der Waals surface area contributed by atoms with Crippen LogP contribution in [-0.2, 0) is 6.42 Å². The van der Waals surface area contributed by atoms with Crippen molar-refractivity contribution in [3.05, 3.63) is 70.7 Å². The lowest BCUT2D eigenvalue weighted by Gasteiger charge is -2.02. The summed E-state index contributed by atoms with van der Waals surface area (Å²) in [5.41, 5.74) is 1.98. The van der Waals surface area contributed by atoms with E-state index in [-0.39, 0.29) is 5.78 Å². The largest absolute Gasteiger partial charge is 0.294 e. The molecule has 0 aliphatic carbocycles. The molecule has 0 aliphatic rings. The number of benzene rings is 2. The molecule has 0 bridgehead atoms. The van der Waals surface area contributed by atoms with Gasteiger partial charge in [-0.15, -0.1) is 0 Å². The van der Waals surface area contributed by atoms with Crippen molar-refractivity contribution in [3.63, 3.8) is 0 Å². The highest BCUT2D eigenvalue weighted by Gasteiger charge is 2.05. The molecule has 0 aliphatic heterocycles. The van der Waals surface area contributed by atoms with Gasteiger partial charge in [0, 0.05) is 17.0 Å². The Kier molecular flexibility index (Phi) is 4.54. The molecule has 18 heavy (non-hydrogen) atoms. The molecule has 0 atom stereocenters. The van der Waals surface area contributed by atoms with Crippen molar-refractivity contribution in [2.45, 2.75) is 19.3 Å². The summed E-state index contributed by atoms with van der Waals surface area (Å²) in [7, 11) is 0. The summed E-state index contributed by atoms with van der Waals surface area (Å²) in [6.45, 7) is 0. The van der Waals surface area contributed by atoms with E-state index in [1.807, 2.05) is 30.3 Å². The lowest BCUT2D eigenvalue weighted by Crippen LogP contribution is -1.99. The molecule has 0 spiro atoms. The van der Waals surface area contributed by atoms with E-state index in [1.165, 1.54) is 5.56 Å². The fourth-order valence-electron chi connectivity index (χ4n) is 1.90. The van der Waals surface area contributed by atoms with Gasteiger partial charge in [-0.1, -0.05) is 54.1 Å². The van der Waals surface area contributed by atoms with Crippen LogP contribution in [-0.4, -0.2) is 5.78 Å². The predicted molar refractivity (Wildman–Crippen MR) is 75.2 cm³/mol. The molecule has 1 nitrogen and oxygen atoms in total. The molecule has 92 valence electrons. The molecule has 2 aromatic rings. The average Bonchev–Trinajstić information content (AvgIpc) is 2.40. The summed E-state index contributed by atoms with van der Waals surface area (Å²) in [6, 6.07) is 17.4. The summed E-state index contributed by atoms with van der Waals surface area (Å²) >= 11 is 5.87. The van der Waals surface area contributed by atoms with Gasteiger partial charge in [0.2, 0.25) is 0 Å². The highest BCUT2D eigenvalue weighted by atomic mass is 35.5. The first-order valence-corrected chi connectivity index (χ1v) is 6.46. The van der Waals surface area contributed by atoms with Gasteiger partial charge in [0.25, 0.3) is 0 Å². The summed E-state index contributed by atoms with van der Waals surface area (Å²) < 4.78 is 0. The summed E-state index contributed by atoms with van der Waals surface area (Å²) in [5, 5.41) is 0.615. The van der Waals surface area contributed by atoms with Crippen LogP contribution >= 0.6 is 11.6 Å². The number of Topliss-reactive ketones (excluding diaryl/α,β-unsaturated/α-hetero) is 1. The van der Waals surface area contributed by atoms with E-state index in [0.29, 0.717) is 17.0 Å². The minimum Gasteiger partial charge on any atom is -0.294 e. The molecule has 2 heteroatoms. The van der Waals surface area contributed by atoms with Crippen molar-refractivity contribution in [2.24, 2.45) is 0 Å². The maximum absolute atomic E-state index is 11.9. The molecule has 2 aromatic carbocycles. The number of rotatable bonds is 5. The van der Waals surface area contributed by atoms with Crippen LogP contribution in [0, 0.1) is 0 Å². The molecule has 0 N–H and O–H groups in total. The third-order valence-electron chi connectivity index (χ3n) is 2.86. The van der Waals surface area contributed by atoms with Crippen LogP contribution in [0.25, 0.3) is 0 Å². The topological polar surface area (TPSA) is 17.1 Å². The molecule has 0 saturated carbocycles. The van der Waals surface area contributed by atoms with E-state index in [0.717, 1.165) is 12.8 Å². The highest BCUT2D eigenvalue weighted by Crippen LogP contribution is 2.14. The van der Waals surface area contributed by atoms with Crippen LogP contribution in [0.5, 0.6) is 0 Å². The Morgan fingerprint density at radius 3 is 2.50 bits per heavy atom. The number of hydrogen-bond acceptors (Lipinski definition) is 1. The number of carbonyl (C=O) groups is 1. The minimum atomic E-state index is 0.161.